The Morgan fingerprint density at radius 3 is 1.54 bits per heavy atom. The van der Waals surface area contributed by atoms with E-state index < -0.39 is 5.41 Å². The van der Waals surface area contributed by atoms with Crippen molar-refractivity contribution in [2.24, 2.45) is 0 Å². The molecule has 0 unspecified atom stereocenters. The van der Waals surface area contributed by atoms with Gasteiger partial charge < -0.3 is 4.98 Å². The van der Waals surface area contributed by atoms with Gasteiger partial charge in [0.1, 0.15) is 5.65 Å². The molecule has 0 radical (unpaired) electrons. The van der Waals surface area contributed by atoms with Crippen molar-refractivity contribution in [2.45, 2.75) is 5.41 Å². The summed E-state index contributed by atoms with van der Waals surface area (Å²) >= 11 is 0. The van der Waals surface area contributed by atoms with Gasteiger partial charge in [0.2, 0.25) is 0 Å². The Morgan fingerprint density at radius 2 is 1.07 bits per heavy atom. The summed E-state index contributed by atoms with van der Waals surface area (Å²) in [5.74, 6) is 0. The van der Waals surface area contributed by atoms with E-state index in [0.717, 1.165) is 16.7 Å². The molecule has 28 heavy (non-hydrogen) atoms. The molecule has 0 amide bonds. The molecule has 0 saturated carbocycles. The van der Waals surface area contributed by atoms with Crippen LogP contribution in [0.3, 0.4) is 0 Å². The Morgan fingerprint density at radius 1 is 0.571 bits per heavy atom. The van der Waals surface area contributed by atoms with E-state index in [0.29, 0.717) is 0 Å². The van der Waals surface area contributed by atoms with Gasteiger partial charge in [0, 0.05) is 17.3 Å². The normalized spacial score (nSPS) is 11.6. The van der Waals surface area contributed by atoms with E-state index in [9.17, 15) is 0 Å². The highest BCUT2D eigenvalue weighted by Crippen LogP contribution is 2.45. The Balaban J connectivity index is 1.92. The summed E-state index contributed by atoms with van der Waals surface area (Å²) in [6.07, 6.45) is 1.83. The molecule has 0 bridgehead atoms. The number of aromatic amines is 1. The second-order valence-electron chi connectivity index (χ2n) is 6.97. The first-order valence-corrected chi connectivity index (χ1v) is 9.50. The average Bonchev–Trinajstić information content (AvgIpc) is 3.21. The number of rotatable bonds is 4. The molecule has 0 atom stereocenters. The van der Waals surface area contributed by atoms with Crippen molar-refractivity contribution in [1.29, 1.82) is 0 Å². The molecule has 0 fully saturated rings. The van der Waals surface area contributed by atoms with Gasteiger partial charge in [0.15, 0.2) is 0 Å². The van der Waals surface area contributed by atoms with E-state index >= 15 is 0 Å². The SMILES string of the molecule is c1ccc(C(c2ccccc2)(c2ccccc2)c2cc3cccnc3[nH]2)cc1. The lowest BCUT2D eigenvalue weighted by Crippen LogP contribution is -2.31. The van der Waals surface area contributed by atoms with Crippen LogP contribution < -0.4 is 0 Å². The number of H-pyrrole nitrogens is 1. The van der Waals surface area contributed by atoms with E-state index in [4.69, 9.17) is 0 Å². The lowest BCUT2D eigenvalue weighted by molar-refractivity contribution is 0.722. The Kier molecular flexibility index (Phi) is 4.02. The number of nitrogens with zero attached hydrogens (tertiary/aromatic N) is 1. The van der Waals surface area contributed by atoms with Crippen molar-refractivity contribution in [1.82, 2.24) is 9.97 Å². The zero-order chi connectivity index (χ0) is 18.8. The fourth-order valence-electron chi connectivity index (χ4n) is 4.19. The van der Waals surface area contributed by atoms with Crippen molar-refractivity contribution >= 4 is 11.0 Å². The van der Waals surface area contributed by atoms with E-state index in [1.165, 1.54) is 16.7 Å². The summed E-state index contributed by atoms with van der Waals surface area (Å²) in [7, 11) is 0. The monoisotopic (exact) mass is 360 g/mol. The maximum absolute atomic E-state index is 4.54. The topological polar surface area (TPSA) is 28.7 Å². The molecule has 2 nitrogen and oxygen atoms in total. The van der Waals surface area contributed by atoms with Crippen molar-refractivity contribution in [3.05, 3.63) is 138 Å². The molecule has 0 aliphatic rings. The molecule has 0 aliphatic carbocycles. The molecule has 134 valence electrons. The Hall–Kier alpha value is -3.65. The lowest BCUT2D eigenvalue weighted by Gasteiger charge is -2.35. The molecule has 2 heteroatoms. The first kappa shape index (κ1) is 16.5. The van der Waals surface area contributed by atoms with Crippen molar-refractivity contribution < 1.29 is 0 Å². The van der Waals surface area contributed by atoms with Crippen LogP contribution in [-0.2, 0) is 5.41 Å². The minimum absolute atomic E-state index is 0.454. The summed E-state index contributed by atoms with van der Waals surface area (Å²) in [6, 6.07) is 38.4. The Labute approximate surface area is 164 Å². The van der Waals surface area contributed by atoms with E-state index in [-0.39, 0.29) is 0 Å². The molecule has 3 aromatic carbocycles. The van der Waals surface area contributed by atoms with Crippen LogP contribution in [0.25, 0.3) is 11.0 Å². The van der Waals surface area contributed by atoms with Crippen LogP contribution in [0.1, 0.15) is 22.4 Å². The van der Waals surface area contributed by atoms with Gasteiger partial charge in [0.05, 0.1) is 5.41 Å². The molecular weight excluding hydrogens is 340 g/mol. The smallest absolute Gasteiger partial charge is 0.137 e. The quantitative estimate of drug-likeness (QED) is 0.394. The number of pyridine rings is 1. The third-order valence-corrected chi connectivity index (χ3v) is 5.42. The Bertz CT molecular complexity index is 1060. The number of fused-ring (bicyclic) bond motifs is 1. The van der Waals surface area contributed by atoms with Crippen molar-refractivity contribution in [2.75, 3.05) is 0 Å². The van der Waals surface area contributed by atoms with Gasteiger partial charge in [-0.25, -0.2) is 4.98 Å². The van der Waals surface area contributed by atoms with E-state index in [1.54, 1.807) is 0 Å². The van der Waals surface area contributed by atoms with Gasteiger partial charge in [-0.1, -0.05) is 91.0 Å². The molecule has 1 N–H and O–H groups in total. The van der Waals surface area contributed by atoms with Gasteiger partial charge in [0.25, 0.3) is 0 Å². The summed E-state index contributed by atoms with van der Waals surface area (Å²) < 4.78 is 0. The molecule has 2 heterocycles. The third kappa shape index (κ3) is 2.54. The first-order chi connectivity index (χ1) is 13.9. The molecular formula is C26H20N2. The fraction of sp³-hybridized carbons (Fsp3) is 0.0385. The van der Waals surface area contributed by atoms with Crippen LogP contribution in [0.5, 0.6) is 0 Å². The summed E-state index contributed by atoms with van der Waals surface area (Å²) in [5.41, 5.74) is 5.23. The molecule has 0 saturated heterocycles. The number of aromatic nitrogens is 2. The first-order valence-electron chi connectivity index (χ1n) is 9.50. The van der Waals surface area contributed by atoms with Gasteiger partial charge >= 0.3 is 0 Å². The summed E-state index contributed by atoms with van der Waals surface area (Å²) in [5, 5.41) is 1.12. The van der Waals surface area contributed by atoms with E-state index in [2.05, 4.69) is 113 Å². The van der Waals surface area contributed by atoms with E-state index in [1.807, 2.05) is 12.3 Å². The molecule has 5 rings (SSSR count). The number of nitrogens with one attached hydrogen (secondary N) is 1. The number of hydrogen-bond acceptors (Lipinski definition) is 1. The van der Waals surface area contributed by atoms with Crippen LogP contribution in [0.4, 0.5) is 0 Å². The van der Waals surface area contributed by atoms with Gasteiger partial charge in [-0.05, 0) is 34.9 Å². The van der Waals surface area contributed by atoms with Crippen molar-refractivity contribution in [3.8, 4) is 0 Å². The highest BCUT2D eigenvalue weighted by molar-refractivity contribution is 5.78. The minimum atomic E-state index is -0.454. The van der Waals surface area contributed by atoms with Crippen LogP contribution in [0.2, 0.25) is 0 Å². The van der Waals surface area contributed by atoms with Crippen LogP contribution in [0.15, 0.2) is 115 Å². The zero-order valence-corrected chi connectivity index (χ0v) is 15.4. The largest absolute Gasteiger partial charge is 0.342 e. The second kappa shape index (κ2) is 6.82. The average molecular weight is 360 g/mol. The summed E-state index contributed by atoms with van der Waals surface area (Å²) in [6.45, 7) is 0. The molecule has 0 aliphatic heterocycles. The van der Waals surface area contributed by atoms with Crippen LogP contribution in [0, 0.1) is 0 Å². The maximum atomic E-state index is 4.54. The van der Waals surface area contributed by atoms with Crippen LogP contribution in [-0.4, -0.2) is 9.97 Å². The predicted octanol–water partition coefficient (Wildman–Crippen LogP) is 5.95. The molecule has 0 spiro atoms. The lowest BCUT2D eigenvalue weighted by atomic mass is 9.67. The zero-order valence-electron chi connectivity index (χ0n) is 15.4. The molecule has 5 aromatic rings. The van der Waals surface area contributed by atoms with Gasteiger partial charge in [-0.2, -0.15) is 0 Å². The summed E-state index contributed by atoms with van der Waals surface area (Å²) in [4.78, 5) is 8.16. The predicted molar refractivity (Wildman–Crippen MR) is 114 cm³/mol. The van der Waals surface area contributed by atoms with Gasteiger partial charge in [-0.15, -0.1) is 0 Å². The highest BCUT2D eigenvalue weighted by Gasteiger charge is 2.39. The van der Waals surface area contributed by atoms with Crippen LogP contribution >= 0.6 is 0 Å². The second-order valence-corrected chi connectivity index (χ2v) is 6.97. The maximum Gasteiger partial charge on any atom is 0.137 e. The molecule has 2 aromatic heterocycles. The number of benzene rings is 3. The highest BCUT2D eigenvalue weighted by atomic mass is 14.9. The van der Waals surface area contributed by atoms with Crippen molar-refractivity contribution in [3.63, 3.8) is 0 Å². The third-order valence-electron chi connectivity index (χ3n) is 5.42. The van der Waals surface area contributed by atoms with Gasteiger partial charge in [-0.3, -0.25) is 0 Å². The minimum Gasteiger partial charge on any atom is -0.342 e. The fourth-order valence-corrected chi connectivity index (χ4v) is 4.19. The standard InChI is InChI=1S/C26H20N2/c1-4-12-21(13-5-1)26(22-14-6-2-7-15-22,23-16-8-3-9-17-23)24-19-20-11-10-18-27-25(20)28-24/h1-19H,(H,27,28). The number of hydrogen-bond donors (Lipinski definition) is 1.